The van der Waals surface area contributed by atoms with E-state index in [1.807, 2.05) is 25.1 Å². The average Bonchev–Trinajstić information content (AvgIpc) is 2.80. The first-order valence-corrected chi connectivity index (χ1v) is 7.53. The maximum Gasteiger partial charge on any atom is 0.346 e. The number of benzene rings is 1. The van der Waals surface area contributed by atoms with Crippen LogP contribution in [0.5, 0.6) is 0 Å². The van der Waals surface area contributed by atoms with E-state index in [0.717, 1.165) is 21.3 Å². The number of rotatable bonds is 4. The summed E-state index contributed by atoms with van der Waals surface area (Å²) in [4.78, 5) is 11.4. The molecule has 1 aromatic carbocycles. The summed E-state index contributed by atoms with van der Waals surface area (Å²) in [6.07, 6.45) is 0. The van der Waals surface area contributed by atoms with E-state index >= 15 is 0 Å². The van der Waals surface area contributed by atoms with Gasteiger partial charge in [0.2, 0.25) is 0 Å². The Balaban J connectivity index is 2.17. The van der Waals surface area contributed by atoms with E-state index in [0.29, 0.717) is 16.4 Å². The third-order valence-corrected chi connectivity index (χ3v) is 4.67. The fourth-order valence-electron chi connectivity index (χ4n) is 1.63. The topological polar surface area (TPSA) is 49.3 Å². The first-order valence-electron chi connectivity index (χ1n) is 5.48. The number of hydrogen-bond acceptors (Lipinski definition) is 3. The highest BCUT2D eigenvalue weighted by molar-refractivity contribution is 9.10. The number of aryl methyl sites for hydroxylation is 1. The number of anilines is 1. The van der Waals surface area contributed by atoms with Crippen LogP contribution < -0.4 is 5.32 Å². The van der Waals surface area contributed by atoms with Crippen LogP contribution in [0.4, 0.5) is 5.69 Å². The Morgan fingerprint density at radius 3 is 2.95 bits per heavy atom. The van der Waals surface area contributed by atoms with Gasteiger partial charge in [-0.3, -0.25) is 0 Å². The van der Waals surface area contributed by atoms with Crippen molar-refractivity contribution in [3.8, 4) is 0 Å². The van der Waals surface area contributed by atoms with Crippen LogP contribution >= 0.6 is 38.9 Å². The number of carboxylic acid groups (broad SMARTS) is 1. The van der Waals surface area contributed by atoms with Gasteiger partial charge in [0.1, 0.15) is 4.88 Å². The molecule has 3 nitrogen and oxygen atoms in total. The van der Waals surface area contributed by atoms with Gasteiger partial charge in [-0.2, -0.15) is 0 Å². The minimum absolute atomic E-state index is 0.363. The summed E-state index contributed by atoms with van der Waals surface area (Å²) >= 11 is 10.8. The highest BCUT2D eigenvalue weighted by atomic mass is 79.9. The summed E-state index contributed by atoms with van der Waals surface area (Å²) in [7, 11) is 0. The van der Waals surface area contributed by atoms with Crippen LogP contribution in [0, 0.1) is 6.92 Å². The van der Waals surface area contributed by atoms with Gasteiger partial charge in [-0.25, -0.2) is 4.79 Å². The SMILES string of the molecule is Cc1cc(Br)c(NCc2ccsc2C(=O)O)cc1Cl. The molecule has 0 spiro atoms. The molecule has 2 rings (SSSR count). The van der Waals surface area contributed by atoms with Gasteiger partial charge in [0.25, 0.3) is 0 Å². The predicted octanol–water partition coefficient (Wildman–Crippen LogP) is 4.78. The van der Waals surface area contributed by atoms with Crippen molar-refractivity contribution in [1.29, 1.82) is 0 Å². The van der Waals surface area contributed by atoms with E-state index in [1.54, 1.807) is 5.38 Å². The van der Waals surface area contributed by atoms with Gasteiger partial charge in [0.15, 0.2) is 0 Å². The van der Waals surface area contributed by atoms with Crippen LogP contribution in [0.25, 0.3) is 0 Å². The Morgan fingerprint density at radius 1 is 1.53 bits per heavy atom. The molecule has 0 saturated carbocycles. The second-order valence-corrected chi connectivity index (χ2v) is 6.19. The van der Waals surface area contributed by atoms with Gasteiger partial charge in [0, 0.05) is 16.0 Å². The number of nitrogens with one attached hydrogen (secondary N) is 1. The molecule has 6 heteroatoms. The van der Waals surface area contributed by atoms with E-state index < -0.39 is 5.97 Å². The van der Waals surface area contributed by atoms with Crippen molar-refractivity contribution < 1.29 is 9.90 Å². The highest BCUT2D eigenvalue weighted by Crippen LogP contribution is 2.30. The zero-order valence-corrected chi connectivity index (χ0v) is 13.2. The average molecular weight is 361 g/mol. The van der Waals surface area contributed by atoms with Crippen LogP contribution in [0.2, 0.25) is 5.02 Å². The third kappa shape index (κ3) is 3.29. The van der Waals surface area contributed by atoms with Crippen molar-refractivity contribution in [3.63, 3.8) is 0 Å². The van der Waals surface area contributed by atoms with Crippen molar-refractivity contribution in [2.75, 3.05) is 5.32 Å². The zero-order valence-electron chi connectivity index (χ0n) is 10.0. The molecule has 100 valence electrons. The number of hydrogen-bond donors (Lipinski definition) is 2. The fourth-order valence-corrected chi connectivity index (χ4v) is 3.16. The predicted molar refractivity (Wildman–Crippen MR) is 82.5 cm³/mol. The van der Waals surface area contributed by atoms with Crippen molar-refractivity contribution in [2.45, 2.75) is 13.5 Å². The molecule has 0 atom stereocenters. The molecule has 2 N–H and O–H groups in total. The smallest absolute Gasteiger partial charge is 0.346 e. The Labute approximate surface area is 128 Å². The minimum atomic E-state index is -0.896. The molecule has 0 radical (unpaired) electrons. The van der Waals surface area contributed by atoms with E-state index in [1.165, 1.54) is 11.3 Å². The van der Waals surface area contributed by atoms with E-state index in [-0.39, 0.29) is 0 Å². The molecule has 0 bridgehead atoms. The van der Waals surface area contributed by atoms with Crippen molar-refractivity contribution in [1.82, 2.24) is 0 Å². The van der Waals surface area contributed by atoms with Crippen LogP contribution in [0.3, 0.4) is 0 Å². The maximum atomic E-state index is 11.0. The highest BCUT2D eigenvalue weighted by Gasteiger charge is 2.12. The molecule has 0 unspecified atom stereocenters. The minimum Gasteiger partial charge on any atom is -0.477 e. The Morgan fingerprint density at radius 2 is 2.26 bits per heavy atom. The number of thiophene rings is 1. The van der Waals surface area contributed by atoms with Crippen LogP contribution in [0.15, 0.2) is 28.1 Å². The summed E-state index contributed by atoms with van der Waals surface area (Å²) in [5.74, 6) is -0.896. The second kappa shape index (κ2) is 5.94. The van der Waals surface area contributed by atoms with Gasteiger partial charge < -0.3 is 10.4 Å². The van der Waals surface area contributed by atoms with Crippen molar-refractivity contribution >= 4 is 50.5 Å². The molecular weight excluding hydrogens is 350 g/mol. The summed E-state index contributed by atoms with van der Waals surface area (Å²) in [5, 5.41) is 14.7. The molecular formula is C13H11BrClNO2S. The molecule has 0 amide bonds. The summed E-state index contributed by atoms with van der Waals surface area (Å²) in [5.41, 5.74) is 2.60. The lowest BCUT2D eigenvalue weighted by Crippen LogP contribution is -2.04. The number of halogens is 2. The van der Waals surface area contributed by atoms with Gasteiger partial charge in [-0.05, 0) is 57.6 Å². The largest absolute Gasteiger partial charge is 0.477 e. The van der Waals surface area contributed by atoms with Crippen molar-refractivity contribution in [3.05, 3.63) is 49.1 Å². The maximum absolute atomic E-state index is 11.0. The molecule has 0 fully saturated rings. The van der Waals surface area contributed by atoms with Crippen LogP contribution in [-0.4, -0.2) is 11.1 Å². The molecule has 1 heterocycles. The quantitative estimate of drug-likeness (QED) is 0.824. The first-order chi connectivity index (χ1) is 8.99. The Hall–Kier alpha value is -1.04. The van der Waals surface area contributed by atoms with E-state index in [4.69, 9.17) is 16.7 Å². The van der Waals surface area contributed by atoms with Crippen LogP contribution in [0.1, 0.15) is 20.8 Å². The van der Waals surface area contributed by atoms with Crippen LogP contribution in [-0.2, 0) is 6.54 Å². The Kier molecular flexibility index (Phi) is 4.50. The summed E-state index contributed by atoms with van der Waals surface area (Å²) in [6, 6.07) is 5.56. The molecule has 0 saturated heterocycles. The summed E-state index contributed by atoms with van der Waals surface area (Å²) < 4.78 is 0.904. The fraction of sp³-hybridized carbons (Fsp3) is 0.154. The monoisotopic (exact) mass is 359 g/mol. The van der Waals surface area contributed by atoms with Gasteiger partial charge >= 0.3 is 5.97 Å². The molecule has 0 aliphatic carbocycles. The standard InChI is InChI=1S/C13H11BrClNO2S/c1-7-4-9(14)11(5-10(7)15)16-6-8-2-3-19-12(8)13(17)18/h2-5,16H,6H2,1H3,(H,17,18). The molecule has 19 heavy (non-hydrogen) atoms. The molecule has 2 aromatic rings. The van der Waals surface area contributed by atoms with E-state index in [2.05, 4.69) is 21.2 Å². The zero-order chi connectivity index (χ0) is 14.0. The third-order valence-electron chi connectivity index (χ3n) is 2.66. The Bertz CT molecular complexity index is 627. The second-order valence-electron chi connectivity index (χ2n) is 4.01. The number of aromatic carboxylic acids is 1. The van der Waals surface area contributed by atoms with Gasteiger partial charge in [-0.1, -0.05) is 11.6 Å². The molecule has 0 aliphatic heterocycles. The number of carbonyl (C=O) groups is 1. The lowest BCUT2D eigenvalue weighted by Gasteiger charge is -2.10. The number of carboxylic acids is 1. The van der Waals surface area contributed by atoms with Gasteiger partial charge in [0.05, 0.1) is 5.69 Å². The van der Waals surface area contributed by atoms with Crippen molar-refractivity contribution in [2.24, 2.45) is 0 Å². The molecule has 0 aliphatic rings. The first kappa shape index (κ1) is 14.4. The molecule has 1 aromatic heterocycles. The lowest BCUT2D eigenvalue weighted by atomic mass is 10.2. The van der Waals surface area contributed by atoms with Gasteiger partial charge in [-0.15, -0.1) is 11.3 Å². The van der Waals surface area contributed by atoms with E-state index in [9.17, 15) is 4.79 Å². The lowest BCUT2D eigenvalue weighted by molar-refractivity contribution is 0.0701. The summed E-state index contributed by atoms with van der Waals surface area (Å²) in [6.45, 7) is 2.38. The normalized spacial score (nSPS) is 10.5.